The van der Waals surface area contributed by atoms with Crippen LogP contribution in [0.5, 0.6) is 0 Å². The fourth-order valence-electron chi connectivity index (χ4n) is 2.12. The minimum absolute atomic E-state index is 1.09. The zero-order chi connectivity index (χ0) is 12.3. The molecule has 0 radical (unpaired) electrons. The molecular weight excluding hydrogens is 206 g/mol. The average molecular weight is 225 g/mol. The summed E-state index contributed by atoms with van der Waals surface area (Å²) in [5.74, 6) is 0. The van der Waals surface area contributed by atoms with Gasteiger partial charge in [0, 0.05) is 21.8 Å². The third-order valence-electron chi connectivity index (χ3n) is 2.98. The third kappa shape index (κ3) is 2.05. The number of hydrogen-bond donors (Lipinski definition) is 1. The maximum absolute atomic E-state index is 3.43. The fourth-order valence-corrected chi connectivity index (χ4v) is 2.12. The lowest BCUT2D eigenvalue weighted by molar-refractivity contribution is 1.15. The molecule has 1 N–H and O–H groups in total. The number of aromatic nitrogens is 1. The lowest BCUT2D eigenvalue weighted by Crippen LogP contribution is -1.77. The van der Waals surface area contributed by atoms with Crippen LogP contribution in [0.1, 0.15) is 26.3 Å². The summed E-state index contributed by atoms with van der Waals surface area (Å²) in [6.45, 7) is 6.19. The van der Waals surface area contributed by atoms with Crippen molar-refractivity contribution in [1.29, 1.82) is 0 Å². The first kappa shape index (κ1) is 11.7. The molecule has 0 spiro atoms. The molecule has 3 aromatic rings. The van der Waals surface area contributed by atoms with E-state index in [9.17, 15) is 0 Å². The summed E-state index contributed by atoms with van der Waals surface area (Å²) >= 11 is 0. The molecule has 1 heterocycles. The maximum Gasteiger partial charge on any atom is 0.0465 e. The molecule has 0 fully saturated rings. The number of H-pyrrole nitrogens is 1. The second-order valence-electron chi connectivity index (χ2n) is 3.90. The van der Waals surface area contributed by atoms with Gasteiger partial charge in [0.2, 0.25) is 0 Å². The molecule has 17 heavy (non-hydrogen) atoms. The number of aryl methyl sites for hydroxylation is 1. The van der Waals surface area contributed by atoms with E-state index in [1.54, 1.807) is 0 Å². The number of hydrogen-bond acceptors (Lipinski definition) is 0. The van der Waals surface area contributed by atoms with Crippen molar-refractivity contribution in [2.75, 3.05) is 0 Å². The van der Waals surface area contributed by atoms with E-state index >= 15 is 0 Å². The van der Waals surface area contributed by atoms with Crippen LogP contribution in [0, 0.1) is 0 Å². The van der Waals surface area contributed by atoms with Crippen LogP contribution in [0.4, 0.5) is 0 Å². The molecule has 0 unspecified atom stereocenters. The van der Waals surface area contributed by atoms with Gasteiger partial charge in [0.25, 0.3) is 0 Å². The van der Waals surface area contributed by atoms with Crippen molar-refractivity contribution >= 4 is 21.8 Å². The predicted molar refractivity (Wildman–Crippen MR) is 76.5 cm³/mol. The van der Waals surface area contributed by atoms with Gasteiger partial charge in [-0.2, -0.15) is 0 Å². The minimum Gasteiger partial charge on any atom is -0.355 e. The highest BCUT2D eigenvalue weighted by Gasteiger charge is 2.02. The molecule has 1 aromatic heterocycles. The monoisotopic (exact) mass is 225 g/mol. The maximum atomic E-state index is 3.43. The largest absolute Gasteiger partial charge is 0.355 e. The van der Waals surface area contributed by atoms with Crippen LogP contribution >= 0.6 is 0 Å². The summed E-state index contributed by atoms with van der Waals surface area (Å²) in [5, 5.41) is 2.66. The van der Waals surface area contributed by atoms with E-state index in [0.29, 0.717) is 0 Å². The zero-order valence-electron chi connectivity index (χ0n) is 10.7. The highest BCUT2D eigenvalue weighted by atomic mass is 14.7. The van der Waals surface area contributed by atoms with Gasteiger partial charge in [0.15, 0.2) is 0 Å². The second kappa shape index (κ2) is 5.05. The molecule has 0 amide bonds. The molecule has 1 nitrogen and oxygen atoms in total. The highest BCUT2D eigenvalue weighted by molar-refractivity contribution is 6.07. The topological polar surface area (TPSA) is 15.8 Å². The van der Waals surface area contributed by atoms with Crippen LogP contribution in [-0.2, 0) is 6.42 Å². The lowest BCUT2D eigenvalue weighted by atomic mass is 10.1. The van der Waals surface area contributed by atoms with Crippen molar-refractivity contribution in [3.05, 3.63) is 48.0 Å². The standard InChI is InChI=1S/C14H13N.C2H6/c1-2-10-7-8-14-12(9-10)11-5-3-4-6-13(11)15-14;1-2/h3-9,15H,2H2,1H3;1-2H3. The molecule has 0 saturated heterocycles. The Bertz CT molecular complexity index is 620. The van der Waals surface area contributed by atoms with Gasteiger partial charge in [-0.15, -0.1) is 0 Å². The predicted octanol–water partition coefficient (Wildman–Crippen LogP) is 4.91. The van der Waals surface area contributed by atoms with Crippen LogP contribution in [0.2, 0.25) is 0 Å². The Balaban J connectivity index is 0.000000514. The second-order valence-corrected chi connectivity index (χ2v) is 3.90. The lowest BCUT2D eigenvalue weighted by Gasteiger charge is -1.96. The van der Waals surface area contributed by atoms with E-state index in [1.807, 2.05) is 13.8 Å². The van der Waals surface area contributed by atoms with Gasteiger partial charge in [-0.1, -0.05) is 45.0 Å². The molecule has 0 aliphatic carbocycles. The van der Waals surface area contributed by atoms with Crippen molar-refractivity contribution in [2.45, 2.75) is 27.2 Å². The first-order chi connectivity index (χ1) is 8.38. The molecule has 0 aliphatic heterocycles. The summed E-state index contributed by atoms with van der Waals surface area (Å²) in [4.78, 5) is 3.43. The Morgan fingerprint density at radius 3 is 2.35 bits per heavy atom. The Morgan fingerprint density at radius 1 is 0.882 bits per heavy atom. The number of fused-ring (bicyclic) bond motifs is 3. The molecule has 88 valence electrons. The van der Waals surface area contributed by atoms with Crippen LogP contribution in [-0.4, -0.2) is 4.98 Å². The Hall–Kier alpha value is -1.76. The summed E-state index contributed by atoms with van der Waals surface area (Å²) in [7, 11) is 0. The Morgan fingerprint density at radius 2 is 1.59 bits per heavy atom. The normalized spacial score (nSPS) is 10.3. The number of nitrogens with one attached hydrogen (secondary N) is 1. The summed E-state index contributed by atoms with van der Waals surface area (Å²) < 4.78 is 0. The molecule has 2 aromatic carbocycles. The SMILES string of the molecule is CC.CCc1ccc2[nH]c3ccccc3c2c1. The van der Waals surface area contributed by atoms with Gasteiger partial charge >= 0.3 is 0 Å². The fraction of sp³-hybridized carbons (Fsp3) is 0.250. The Labute approximate surface area is 102 Å². The van der Waals surface area contributed by atoms with Crippen molar-refractivity contribution in [2.24, 2.45) is 0 Å². The van der Waals surface area contributed by atoms with Gasteiger partial charge in [-0.25, -0.2) is 0 Å². The van der Waals surface area contributed by atoms with Crippen molar-refractivity contribution < 1.29 is 0 Å². The number of aromatic amines is 1. The number of para-hydroxylation sites is 1. The molecule has 0 bridgehead atoms. The smallest absolute Gasteiger partial charge is 0.0465 e. The van der Waals surface area contributed by atoms with Crippen molar-refractivity contribution in [3.63, 3.8) is 0 Å². The van der Waals surface area contributed by atoms with E-state index in [1.165, 1.54) is 27.4 Å². The van der Waals surface area contributed by atoms with Gasteiger partial charge in [-0.05, 0) is 30.2 Å². The van der Waals surface area contributed by atoms with Gasteiger partial charge in [0.05, 0.1) is 0 Å². The quantitative estimate of drug-likeness (QED) is 0.605. The van der Waals surface area contributed by atoms with Crippen LogP contribution < -0.4 is 0 Å². The summed E-state index contributed by atoms with van der Waals surface area (Å²) in [5.41, 5.74) is 3.85. The third-order valence-corrected chi connectivity index (χ3v) is 2.98. The highest BCUT2D eigenvalue weighted by Crippen LogP contribution is 2.25. The van der Waals surface area contributed by atoms with Crippen LogP contribution in [0.3, 0.4) is 0 Å². The zero-order valence-corrected chi connectivity index (χ0v) is 10.7. The first-order valence-electron chi connectivity index (χ1n) is 6.38. The summed E-state index contributed by atoms with van der Waals surface area (Å²) in [6, 6.07) is 15.1. The van der Waals surface area contributed by atoms with E-state index in [4.69, 9.17) is 0 Å². The number of rotatable bonds is 1. The van der Waals surface area contributed by atoms with Gasteiger partial charge < -0.3 is 4.98 Å². The average Bonchev–Trinajstić information content (AvgIpc) is 2.78. The van der Waals surface area contributed by atoms with E-state index in [-0.39, 0.29) is 0 Å². The number of benzene rings is 2. The molecule has 0 saturated carbocycles. The van der Waals surface area contributed by atoms with E-state index in [2.05, 4.69) is 54.4 Å². The van der Waals surface area contributed by atoms with Crippen LogP contribution in [0.15, 0.2) is 42.5 Å². The Kier molecular flexibility index (Phi) is 3.48. The molecule has 0 atom stereocenters. The molecular formula is C16H19N. The summed E-state index contributed by atoms with van der Waals surface area (Å²) in [6.07, 6.45) is 1.09. The van der Waals surface area contributed by atoms with Gasteiger partial charge in [0.1, 0.15) is 0 Å². The van der Waals surface area contributed by atoms with Gasteiger partial charge in [-0.3, -0.25) is 0 Å². The molecule has 1 heteroatoms. The molecule has 3 rings (SSSR count). The molecule has 0 aliphatic rings. The minimum atomic E-state index is 1.09. The van der Waals surface area contributed by atoms with Crippen LogP contribution in [0.25, 0.3) is 21.8 Å². The van der Waals surface area contributed by atoms with Crippen molar-refractivity contribution in [3.8, 4) is 0 Å². The van der Waals surface area contributed by atoms with E-state index < -0.39 is 0 Å². The van der Waals surface area contributed by atoms with Crippen molar-refractivity contribution in [1.82, 2.24) is 4.98 Å². The van der Waals surface area contributed by atoms with E-state index in [0.717, 1.165) is 6.42 Å². The first-order valence-corrected chi connectivity index (χ1v) is 6.38.